The third-order valence-corrected chi connectivity index (χ3v) is 5.95. The highest BCUT2D eigenvalue weighted by Crippen LogP contribution is 2.34. The molecule has 3 rings (SSSR count). The average molecular weight is 294 g/mol. The molecule has 1 fully saturated rings. The highest BCUT2D eigenvalue weighted by atomic mass is 32.1. The number of nitrogens with one attached hydrogen (secondary N) is 1. The molecule has 2 aliphatic rings. The fourth-order valence-electron chi connectivity index (χ4n) is 3.41. The van der Waals surface area contributed by atoms with Gasteiger partial charge in [-0.2, -0.15) is 0 Å². The van der Waals surface area contributed by atoms with E-state index in [-0.39, 0.29) is 0 Å². The molecule has 3 N–H and O–H groups in total. The molecule has 0 aromatic carbocycles. The zero-order valence-corrected chi connectivity index (χ0v) is 13.0. The van der Waals surface area contributed by atoms with E-state index in [2.05, 4.69) is 11.5 Å². The molecule has 2 unspecified atom stereocenters. The minimum absolute atomic E-state index is 0.326. The third kappa shape index (κ3) is 3.42. The van der Waals surface area contributed by atoms with Crippen molar-refractivity contribution in [2.45, 2.75) is 69.9 Å². The molecule has 3 nitrogen and oxygen atoms in total. The van der Waals surface area contributed by atoms with Gasteiger partial charge in [0.2, 0.25) is 0 Å². The van der Waals surface area contributed by atoms with Crippen LogP contribution in [0.25, 0.3) is 0 Å². The Hall–Kier alpha value is -0.420. The van der Waals surface area contributed by atoms with E-state index in [0.717, 1.165) is 13.0 Å². The van der Waals surface area contributed by atoms with E-state index >= 15 is 0 Å². The fourth-order valence-corrected chi connectivity index (χ4v) is 4.77. The van der Waals surface area contributed by atoms with Crippen molar-refractivity contribution in [3.05, 3.63) is 21.4 Å². The van der Waals surface area contributed by atoms with Crippen LogP contribution in [0.2, 0.25) is 0 Å². The van der Waals surface area contributed by atoms with Crippen LogP contribution in [-0.4, -0.2) is 12.7 Å². The predicted octanol–water partition coefficient (Wildman–Crippen LogP) is 3.48. The summed E-state index contributed by atoms with van der Waals surface area (Å²) in [4.78, 5) is 3.04. The van der Waals surface area contributed by atoms with Gasteiger partial charge in [0, 0.05) is 16.4 Å². The van der Waals surface area contributed by atoms with Crippen molar-refractivity contribution in [2.24, 2.45) is 5.84 Å². The van der Waals surface area contributed by atoms with Gasteiger partial charge in [-0.15, -0.1) is 11.3 Å². The van der Waals surface area contributed by atoms with Crippen LogP contribution in [-0.2, 0) is 17.6 Å². The van der Waals surface area contributed by atoms with Gasteiger partial charge in [-0.05, 0) is 69.4 Å². The molecule has 4 heteroatoms. The van der Waals surface area contributed by atoms with Gasteiger partial charge in [0.25, 0.3) is 0 Å². The van der Waals surface area contributed by atoms with Crippen molar-refractivity contribution in [2.75, 3.05) is 6.61 Å². The number of ether oxygens (including phenoxy) is 1. The molecule has 1 aliphatic heterocycles. The molecule has 112 valence electrons. The van der Waals surface area contributed by atoms with Gasteiger partial charge in [0.15, 0.2) is 0 Å². The zero-order valence-electron chi connectivity index (χ0n) is 12.2. The van der Waals surface area contributed by atoms with Crippen LogP contribution in [0.5, 0.6) is 0 Å². The van der Waals surface area contributed by atoms with Crippen LogP contribution < -0.4 is 11.3 Å². The number of fused-ring (bicyclic) bond motifs is 1. The molecule has 0 amide bonds. The number of aryl methyl sites for hydroxylation is 2. The number of hydrogen-bond donors (Lipinski definition) is 2. The molecule has 0 bridgehead atoms. The van der Waals surface area contributed by atoms with Gasteiger partial charge in [0.1, 0.15) is 0 Å². The first kappa shape index (κ1) is 14.5. The second-order valence-electron chi connectivity index (χ2n) is 6.09. The Kier molecular flexibility index (Phi) is 5.10. The quantitative estimate of drug-likeness (QED) is 0.624. The Morgan fingerprint density at radius 3 is 3.00 bits per heavy atom. The van der Waals surface area contributed by atoms with E-state index in [9.17, 15) is 0 Å². The summed E-state index contributed by atoms with van der Waals surface area (Å²) in [7, 11) is 0. The summed E-state index contributed by atoms with van der Waals surface area (Å²) in [6, 6.07) is 2.72. The first-order chi connectivity index (χ1) is 9.86. The maximum absolute atomic E-state index is 5.78. The molecule has 20 heavy (non-hydrogen) atoms. The van der Waals surface area contributed by atoms with Crippen molar-refractivity contribution in [3.63, 3.8) is 0 Å². The minimum Gasteiger partial charge on any atom is -0.378 e. The molecule has 1 aromatic rings. The summed E-state index contributed by atoms with van der Waals surface area (Å²) in [5.41, 5.74) is 4.60. The topological polar surface area (TPSA) is 47.3 Å². The van der Waals surface area contributed by atoms with Crippen LogP contribution in [0.3, 0.4) is 0 Å². The smallest absolute Gasteiger partial charge is 0.0576 e. The summed E-state index contributed by atoms with van der Waals surface area (Å²) in [6.45, 7) is 0.959. The molecular formula is C16H26N2OS. The Labute approximate surface area is 125 Å². The fraction of sp³-hybridized carbons (Fsp3) is 0.750. The van der Waals surface area contributed by atoms with Crippen LogP contribution in [0.4, 0.5) is 0 Å². The van der Waals surface area contributed by atoms with Crippen molar-refractivity contribution in [3.8, 4) is 0 Å². The second kappa shape index (κ2) is 7.03. The predicted molar refractivity (Wildman–Crippen MR) is 83.9 cm³/mol. The molecular weight excluding hydrogens is 268 g/mol. The highest BCUT2D eigenvalue weighted by molar-refractivity contribution is 7.12. The highest BCUT2D eigenvalue weighted by Gasteiger charge is 2.20. The minimum atomic E-state index is 0.326. The van der Waals surface area contributed by atoms with Crippen LogP contribution in [0.1, 0.15) is 66.3 Å². The number of thiophene rings is 1. The maximum Gasteiger partial charge on any atom is 0.0576 e. The molecule has 2 heterocycles. The monoisotopic (exact) mass is 294 g/mol. The van der Waals surface area contributed by atoms with E-state index in [4.69, 9.17) is 10.6 Å². The van der Waals surface area contributed by atoms with Crippen molar-refractivity contribution >= 4 is 11.3 Å². The number of rotatable bonds is 6. The largest absolute Gasteiger partial charge is 0.378 e. The lowest BCUT2D eigenvalue weighted by molar-refractivity contribution is 0.101. The first-order valence-electron chi connectivity index (χ1n) is 8.06. The first-order valence-corrected chi connectivity index (χ1v) is 8.87. The molecule has 0 radical (unpaired) electrons. The van der Waals surface area contributed by atoms with Crippen molar-refractivity contribution in [1.82, 2.24) is 5.43 Å². The standard InChI is InChI=1S/C16H26N2OS/c17-18-14(8-3-6-13-7-4-10-19-13)16-11-12-5-1-2-9-15(12)20-16/h11,13-14,18H,1-10,17H2. The number of nitrogens with two attached hydrogens (primary N) is 1. The summed E-state index contributed by atoms with van der Waals surface area (Å²) >= 11 is 1.98. The van der Waals surface area contributed by atoms with Crippen LogP contribution in [0, 0.1) is 0 Å². The molecule has 1 aliphatic carbocycles. The number of hydrazine groups is 1. The Balaban J connectivity index is 1.54. The van der Waals surface area contributed by atoms with Gasteiger partial charge in [-0.1, -0.05) is 0 Å². The molecule has 1 saturated heterocycles. The zero-order chi connectivity index (χ0) is 13.8. The van der Waals surface area contributed by atoms with Gasteiger partial charge in [-0.25, -0.2) is 0 Å². The van der Waals surface area contributed by atoms with E-state index in [1.54, 1.807) is 10.4 Å². The van der Waals surface area contributed by atoms with Gasteiger partial charge >= 0.3 is 0 Å². The van der Waals surface area contributed by atoms with E-state index < -0.39 is 0 Å². The van der Waals surface area contributed by atoms with Gasteiger partial charge in [0.05, 0.1) is 12.1 Å². The summed E-state index contributed by atoms with van der Waals surface area (Å²) in [5, 5.41) is 0. The van der Waals surface area contributed by atoms with E-state index in [1.165, 1.54) is 56.2 Å². The Morgan fingerprint density at radius 1 is 1.35 bits per heavy atom. The van der Waals surface area contributed by atoms with Crippen molar-refractivity contribution < 1.29 is 4.74 Å². The van der Waals surface area contributed by atoms with Gasteiger partial charge in [-0.3, -0.25) is 11.3 Å². The summed E-state index contributed by atoms with van der Waals surface area (Å²) in [5.74, 6) is 5.78. The van der Waals surface area contributed by atoms with E-state index in [0.29, 0.717) is 12.1 Å². The lowest BCUT2D eigenvalue weighted by atomic mass is 9.98. The second-order valence-corrected chi connectivity index (χ2v) is 7.26. The lowest BCUT2D eigenvalue weighted by Gasteiger charge is -2.15. The maximum atomic E-state index is 5.78. The average Bonchev–Trinajstić information content (AvgIpc) is 3.12. The van der Waals surface area contributed by atoms with Crippen molar-refractivity contribution in [1.29, 1.82) is 0 Å². The Morgan fingerprint density at radius 2 is 2.25 bits per heavy atom. The summed E-state index contributed by atoms with van der Waals surface area (Å²) in [6.07, 6.45) is 11.7. The lowest BCUT2D eigenvalue weighted by Crippen LogP contribution is -2.27. The molecule has 0 spiro atoms. The normalized spacial score (nSPS) is 23.8. The number of hydrogen-bond acceptors (Lipinski definition) is 4. The molecule has 1 aromatic heterocycles. The summed E-state index contributed by atoms with van der Waals surface area (Å²) < 4.78 is 5.69. The third-order valence-electron chi connectivity index (χ3n) is 4.60. The molecule has 0 saturated carbocycles. The van der Waals surface area contributed by atoms with E-state index in [1.807, 2.05) is 11.3 Å². The Bertz CT molecular complexity index is 403. The van der Waals surface area contributed by atoms with Gasteiger partial charge < -0.3 is 4.74 Å². The SMILES string of the molecule is NNC(CCCC1CCCO1)c1cc2c(s1)CCCC2. The van der Waals surface area contributed by atoms with Crippen LogP contribution >= 0.6 is 11.3 Å². The van der Waals surface area contributed by atoms with Crippen LogP contribution in [0.15, 0.2) is 6.07 Å². The molecule has 2 atom stereocenters.